The van der Waals surface area contributed by atoms with Crippen LogP contribution in [0.2, 0.25) is 0 Å². The van der Waals surface area contributed by atoms with Gasteiger partial charge in [0.05, 0.1) is 6.04 Å². The summed E-state index contributed by atoms with van der Waals surface area (Å²) in [5, 5.41) is 0. The quantitative estimate of drug-likeness (QED) is 0.793. The topological polar surface area (TPSA) is 23.6 Å². The molecule has 1 fully saturated rings. The summed E-state index contributed by atoms with van der Waals surface area (Å²) >= 11 is 0. The van der Waals surface area contributed by atoms with E-state index >= 15 is 0 Å². The van der Waals surface area contributed by atoms with Crippen molar-refractivity contribution < 1.29 is 4.79 Å². The van der Waals surface area contributed by atoms with Crippen molar-refractivity contribution in [3.05, 3.63) is 60.2 Å². The number of amides is 1. The highest BCUT2D eigenvalue weighted by atomic mass is 16.2. The van der Waals surface area contributed by atoms with Gasteiger partial charge in [0.15, 0.2) is 0 Å². The molecular weight excluding hydrogens is 308 g/mol. The summed E-state index contributed by atoms with van der Waals surface area (Å²) in [6, 6.07) is 18.8. The number of carbonyl (C=O) groups is 1. The highest BCUT2D eigenvalue weighted by molar-refractivity contribution is 6.00. The lowest BCUT2D eigenvalue weighted by Crippen LogP contribution is -2.32. The summed E-state index contributed by atoms with van der Waals surface area (Å²) in [4.78, 5) is 17.4. The van der Waals surface area contributed by atoms with Crippen molar-refractivity contribution >= 4 is 17.3 Å². The average Bonchev–Trinajstić information content (AvgIpc) is 2.82. The Morgan fingerprint density at radius 2 is 1.60 bits per heavy atom. The van der Waals surface area contributed by atoms with Gasteiger partial charge in [-0.3, -0.25) is 4.79 Å². The molecular formula is C22H28N2O. The van der Waals surface area contributed by atoms with E-state index < -0.39 is 0 Å². The first-order valence-corrected chi connectivity index (χ1v) is 9.04. The molecule has 1 aliphatic rings. The van der Waals surface area contributed by atoms with E-state index in [2.05, 4.69) is 49.9 Å². The molecule has 3 rings (SSSR count). The van der Waals surface area contributed by atoms with Gasteiger partial charge in [-0.2, -0.15) is 0 Å². The Labute approximate surface area is 151 Å². The maximum absolute atomic E-state index is 13.3. The molecule has 132 valence electrons. The molecule has 0 unspecified atom stereocenters. The number of hydrogen-bond donors (Lipinski definition) is 0. The zero-order chi connectivity index (χ0) is 18.2. The van der Waals surface area contributed by atoms with Crippen LogP contribution in [0.1, 0.15) is 38.8 Å². The second-order valence-electron chi connectivity index (χ2n) is 7.68. The Balaban J connectivity index is 2.10. The number of rotatable bonds is 4. The number of carbonyl (C=O) groups excluding carboxylic acids is 1. The first-order chi connectivity index (χ1) is 11.9. The highest BCUT2D eigenvalue weighted by Crippen LogP contribution is 2.52. The molecule has 2 atom stereocenters. The maximum atomic E-state index is 13.3. The van der Waals surface area contributed by atoms with E-state index in [1.54, 1.807) is 0 Å². The van der Waals surface area contributed by atoms with Gasteiger partial charge in [0.25, 0.3) is 0 Å². The van der Waals surface area contributed by atoms with Crippen molar-refractivity contribution in [3.8, 4) is 0 Å². The maximum Gasteiger partial charge on any atom is 0.233 e. The van der Waals surface area contributed by atoms with Crippen molar-refractivity contribution in [3.63, 3.8) is 0 Å². The van der Waals surface area contributed by atoms with Crippen LogP contribution in [0.25, 0.3) is 0 Å². The second-order valence-corrected chi connectivity index (χ2v) is 7.68. The number of benzene rings is 2. The molecule has 2 aromatic carbocycles. The summed E-state index contributed by atoms with van der Waals surface area (Å²) in [7, 11) is 4.09. The molecule has 0 radical (unpaired) electrons. The van der Waals surface area contributed by atoms with Gasteiger partial charge >= 0.3 is 0 Å². The van der Waals surface area contributed by atoms with Crippen LogP contribution in [0.15, 0.2) is 54.6 Å². The van der Waals surface area contributed by atoms with Crippen molar-refractivity contribution in [1.82, 2.24) is 0 Å². The Morgan fingerprint density at radius 3 is 2.12 bits per heavy atom. The van der Waals surface area contributed by atoms with E-state index in [1.807, 2.05) is 49.3 Å². The number of nitrogens with zero attached hydrogens (tertiary/aromatic N) is 2. The number of anilines is 2. The van der Waals surface area contributed by atoms with E-state index in [0.717, 1.165) is 12.1 Å². The van der Waals surface area contributed by atoms with Gasteiger partial charge in [0, 0.05) is 30.9 Å². The van der Waals surface area contributed by atoms with Gasteiger partial charge in [-0.15, -0.1) is 0 Å². The molecule has 25 heavy (non-hydrogen) atoms. The lowest BCUT2D eigenvalue weighted by atomic mass is 9.75. The van der Waals surface area contributed by atoms with E-state index in [0.29, 0.717) is 0 Å². The van der Waals surface area contributed by atoms with Gasteiger partial charge < -0.3 is 9.80 Å². The molecule has 0 aliphatic carbocycles. The molecule has 0 bridgehead atoms. The van der Waals surface area contributed by atoms with Crippen molar-refractivity contribution in [1.29, 1.82) is 0 Å². The fraction of sp³-hybridized carbons (Fsp3) is 0.409. The van der Waals surface area contributed by atoms with Gasteiger partial charge in [0.2, 0.25) is 5.91 Å². The third kappa shape index (κ3) is 2.92. The van der Waals surface area contributed by atoms with Gasteiger partial charge in [-0.1, -0.05) is 51.1 Å². The van der Waals surface area contributed by atoms with E-state index in [-0.39, 0.29) is 23.3 Å². The van der Waals surface area contributed by atoms with Crippen LogP contribution >= 0.6 is 0 Å². The van der Waals surface area contributed by atoms with E-state index in [4.69, 9.17) is 0 Å². The lowest BCUT2D eigenvalue weighted by molar-refractivity contribution is -0.125. The summed E-state index contributed by atoms with van der Waals surface area (Å²) < 4.78 is 0. The Kier molecular flexibility index (Phi) is 4.59. The summed E-state index contributed by atoms with van der Waals surface area (Å²) in [5.41, 5.74) is 3.00. The van der Waals surface area contributed by atoms with Crippen LogP contribution in [-0.2, 0) is 4.79 Å². The minimum atomic E-state index is -0.366. The molecule has 1 heterocycles. The zero-order valence-corrected chi connectivity index (χ0v) is 15.9. The van der Waals surface area contributed by atoms with E-state index in [9.17, 15) is 4.79 Å². The first-order valence-electron chi connectivity index (χ1n) is 9.04. The summed E-state index contributed by atoms with van der Waals surface area (Å²) in [5.74, 6) is 0.498. The molecule has 0 saturated carbocycles. The number of para-hydroxylation sites is 1. The highest BCUT2D eigenvalue weighted by Gasteiger charge is 2.53. The molecule has 2 aromatic rings. The summed E-state index contributed by atoms with van der Waals surface area (Å²) in [6.07, 6.45) is 0.974. The van der Waals surface area contributed by atoms with E-state index in [1.165, 1.54) is 11.3 Å². The standard InChI is InChI=1S/C22H28N2O/c1-6-19-20(16-12-14-17(15-13-16)23(4)5)24(21(25)22(19,2)3)18-10-8-7-9-11-18/h7-15,19-20H,6H2,1-5H3/t19-,20-/m0/s1. The third-order valence-corrected chi connectivity index (χ3v) is 5.58. The van der Waals surface area contributed by atoms with Gasteiger partial charge in [-0.05, 0) is 42.2 Å². The predicted octanol–water partition coefficient (Wildman–Crippen LogP) is 4.89. The molecule has 0 N–H and O–H groups in total. The lowest BCUT2D eigenvalue weighted by Gasteiger charge is -2.29. The van der Waals surface area contributed by atoms with Crippen LogP contribution in [0, 0.1) is 11.3 Å². The van der Waals surface area contributed by atoms with Crippen molar-refractivity contribution in [2.45, 2.75) is 33.2 Å². The Bertz CT molecular complexity index is 734. The monoisotopic (exact) mass is 336 g/mol. The predicted molar refractivity (Wildman–Crippen MR) is 105 cm³/mol. The van der Waals surface area contributed by atoms with Crippen LogP contribution in [-0.4, -0.2) is 20.0 Å². The smallest absolute Gasteiger partial charge is 0.233 e. The van der Waals surface area contributed by atoms with Crippen molar-refractivity contribution in [2.75, 3.05) is 23.9 Å². The van der Waals surface area contributed by atoms with Crippen LogP contribution in [0.5, 0.6) is 0 Å². The molecule has 3 nitrogen and oxygen atoms in total. The Morgan fingerprint density at radius 1 is 1.00 bits per heavy atom. The SMILES string of the molecule is CC[C@H]1[C@H](c2ccc(N(C)C)cc2)N(c2ccccc2)C(=O)C1(C)C. The molecule has 1 aliphatic heterocycles. The normalized spacial score (nSPS) is 22.3. The van der Waals surface area contributed by atoms with Gasteiger partial charge in [0.1, 0.15) is 0 Å². The summed E-state index contributed by atoms with van der Waals surface area (Å²) in [6.45, 7) is 6.37. The van der Waals surface area contributed by atoms with Crippen LogP contribution in [0.3, 0.4) is 0 Å². The second kappa shape index (κ2) is 6.55. The molecule has 1 saturated heterocycles. The third-order valence-electron chi connectivity index (χ3n) is 5.58. The fourth-order valence-corrected chi connectivity index (χ4v) is 4.12. The largest absolute Gasteiger partial charge is 0.378 e. The van der Waals surface area contributed by atoms with Crippen LogP contribution in [0.4, 0.5) is 11.4 Å². The zero-order valence-electron chi connectivity index (χ0n) is 15.9. The molecule has 3 heteroatoms. The molecule has 0 spiro atoms. The van der Waals surface area contributed by atoms with Gasteiger partial charge in [-0.25, -0.2) is 0 Å². The minimum absolute atomic E-state index is 0.0751. The molecule has 0 aromatic heterocycles. The minimum Gasteiger partial charge on any atom is -0.378 e. The average molecular weight is 336 g/mol. The van der Waals surface area contributed by atoms with Crippen LogP contribution < -0.4 is 9.80 Å². The Hall–Kier alpha value is -2.29. The van der Waals surface area contributed by atoms with Crippen molar-refractivity contribution in [2.24, 2.45) is 11.3 Å². The fourth-order valence-electron chi connectivity index (χ4n) is 4.12. The first kappa shape index (κ1) is 17.5. The molecule has 1 amide bonds. The number of hydrogen-bond acceptors (Lipinski definition) is 2.